The molecule has 0 spiro atoms. The Labute approximate surface area is 96.5 Å². The molecule has 0 aromatic carbocycles. The van der Waals surface area contributed by atoms with E-state index >= 15 is 0 Å². The van der Waals surface area contributed by atoms with E-state index < -0.39 is 13.0 Å². The normalized spacial score (nSPS) is 11.6. The van der Waals surface area contributed by atoms with Crippen LogP contribution in [0.3, 0.4) is 0 Å². The molecule has 1 aromatic heterocycles. The Morgan fingerprint density at radius 2 is 2.00 bits per heavy atom. The fourth-order valence-corrected chi connectivity index (χ4v) is 1.18. The molecule has 0 aliphatic heterocycles. The topological polar surface area (TPSA) is 57.4 Å². The van der Waals surface area contributed by atoms with Gasteiger partial charge in [0, 0.05) is 12.2 Å². The maximum absolute atomic E-state index is 11.7. The summed E-state index contributed by atoms with van der Waals surface area (Å²) in [7, 11) is 0. The smallest absolute Gasteiger partial charge is 0.489 e. The molecular formula is C10H13F3N2O2. The second-order valence-corrected chi connectivity index (χ2v) is 3.24. The highest BCUT2D eigenvalue weighted by molar-refractivity contribution is 5.29. The molecular weight excluding hydrogens is 237 g/mol. The van der Waals surface area contributed by atoms with Crippen molar-refractivity contribution in [2.45, 2.75) is 19.8 Å². The lowest BCUT2D eigenvalue weighted by Gasteiger charge is -2.11. The molecule has 0 bridgehead atoms. The summed E-state index contributed by atoms with van der Waals surface area (Å²) in [6.07, 6.45) is -4.63. The average molecular weight is 250 g/mol. The van der Waals surface area contributed by atoms with E-state index in [1.165, 1.54) is 0 Å². The first kappa shape index (κ1) is 13.7. The number of halogens is 3. The van der Waals surface area contributed by atoms with Gasteiger partial charge in [-0.25, -0.2) is 0 Å². The summed E-state index contributed by atoms with van der Waals surface area (Å²) in [5, 5.41) is 0. The Bertz CT molecular complexity index is 369. The van der Waals surface area contributed by atoms with Gasteiger partial charge in [0.2, 0.25) is 0 Å². The fourth-order valence-electron chi connectivity index (χ4n) is 1.18. The fraction of sp³-hybridized carbons (Fsp3) is 0.500. The van der Waals surface area contributed by atoms with Crippen LogP contribution < -0.4 is 10.5 Å². The van der Waals surface area contributed by atoms with Crippen molar-refractivity contribution in [3.63, 3.8) is 0 Å². The minimum Gasteiger partial charge on any atom is -0.489 e. The van der Waals surface area contributed by atoms with E-state index in [0.717, 1.165) is 5.69 Å². The number of nitrogens with two attached hydrogens (primary N) is 1. The molecule has 0 aliphatic rings. The van der Waals surface area contributed by atoms with E-state index in [1.807, 2.05) is 0 Å². The van der Waals surface area contributed by atoms with Gasteiger partial charge >= 0.3 is 6.36 Å². The van der Waals surface area contributed by atoms with E-state index in [2.05, 4.69) is 9.72 Å². The Morgan fingerprint density at radius 1 is 1.29 bits per heavy atom. The number of aromatic nitrogens is 1. The summed E-state index contributed by atoms with van der Waals surface area (Å²) in [5.41, 5.74) is 6.72. The first-order valence-corrected chi connectivity index (χ1v) is 4.92. The predicted octanol–water partition coefficient (Wildman–Crippen LogP) is 1.76. The van der Waals surface area contributed by atoms with Crippen LogP contribution in [0, 0.1) is 6.92 Å². The lowest BCUT2D eigenvalue weighted by Crippen LogP contribution is -2.18. The number of rotatable bonds is 5. The minimum absolute atomic E-state index is 0.164. The van der Waals surface area contributed by atoms with Crippen molar-refractivity contribution in [1.82, 2.24) is 4.98 Å². The highest BCUT2D eigenvalue weighted by Gasteiger charge is 2.28. The van der Waals surface area contributed by atoms with Crippen LogP contribution in [0.1, 0.15) is 11.4 Å². The molecule has 0 atom stereocenters. The van der Waals surface area contributed by atoms with Crippen molar-refractivity contribution in [1.29, 1.82) is 0 Å². The third kappa shape index (κ3) is 5.01. The molecule has 1 rings (SSSR count). The second kappa shape index (κ2) is 5.83. The van der Waals surface area contributed by atoms with E-state index in [0.29, 0.717) is 11.4 Å². The van der Waals surface area contributed by atoms with Gasteiger partial charge in [0.25, 0.3) is 0 Å². The molecule has 4 nitrogen and oxygen atoms in total. The third-order valence-electron chi connectivity index (χ3n) is 1.87. The number of hydrogen-bond acceptors (Lipinski definition) is 4. The Morgan fingerprint density at radius 3 is 2.59 bits per heavy atom. The Kier molecular flexibility index (Phi) is 4.71. The van der Waals surface area contributed by atoms with Crippen molar-refractivity contribution >= 4 is 0 Å². The van der Waals surface area contributed by atoms with Gasteiger partial charge in [0.05, 0.1) is 12.3 Å². The lowest BCUT2D eigenvalue weighted by atomic mass is 10.3. The van der Waals surface area contributed by atoms with E-state index in [-0.39, 0.29) is 13.2 Å². The average Bonchev–Trinajstić information content (AvgIpc) is 2.24. The lowest BCUT2D eigenvalue weighted by molar-refractivity contribution is -0.325. The van der Waals surface area contributed by atoms with Crippen molar-refractivity contribution in [2.75, 3.05) is 13.2 Å². The number of nitrogens with zero attached hydrogens (tertiary/aromatic N) is 1. The zero-order chi connectivity index (χ0) is 12.9. The molecule has 7 heteroatoms. The van der Waals surface area contributed by atoms with Crippen LogP contribution in [0.15, 0.2) is 12.1 Å². The standard InChI is InChI=1S/C10H13F3N2O2/c1-7-2-3-9(8(6-14)15-7)16-4-5-17-10(11,12)13/h2-3H,4-6,14H2,1H3. The predicted molar refractivity (Wildman–Crippen MR) is 54.4 cm³/mol. The third-order valence-corrected chi connectivity index (χ3v) is 1.87. The number of alkyl halides is 3. The zero-order valence-corrected chi connectivity index (χ0v) is 9.25. The molecule has 96 valence electrons. The van der Waals surface area contributed by atoms with Crippen molar-refractivity contribution < 1.29 is 22.6 Å². The summed E-state index contributed by atoms with van der Waals surface area (Å²) < 4.78 is 43.7. The molecule has 0 fully saturated rings. The molecule has 0 unspecified atom stereocenters. The summed E-state index contributed by atoms with van der Waals surface area (Å²) in [6.45, 7) is 1.17. The maximum Gasteiger partial charge on any atom is 0.522 e. The summed E-state index contributed by atoms with van der Waals surface area (Å²) >= 11 is 0. The van der Waals surface area contributed by atoms with Gasteiger partial charge in [0.1, 0.15) is 12.4 Å². The van der Waals surface area contributed by atoms with Gasteiger partial charge in [-0.05, 0) is 19.1 Å². The summed E-state index contributed by atoms with van der Waals surface area (Å²) in [6, 6.07) is 3.32. The van der Waals surface area contributed by atoms with Crippen molar-refractivity contribution in [3.8, 4) is 5.75 Å². The van der Waals surface area contributed by atoms with Crippen LogP contribution in [0.25, 0.3) is 0 Å². The molecule has 1 aromatic rings. The van der Waals surface area contributed by atoms with E-state index in [4.69, 9.17) is 10.5 Å². The first-order valence-electron chi connectivity index (χ1n) is 4.92. The number of aryl methyl sites for hydroxylation is 1. The van der Waals surface area contributed by atoms with E-state index in [9.17, 15) is 13.2 Å². The van der Waals surface area contributed by atoms with Crippen LogP contribution in [0.4, 0.5) is 13.2 Å². The van der Waals surface area contributed by atoms with Crippen LogP contribution in [0.5, 0.6) is 5.75 Å². The Balaban J connectivity index is 2.46. The number of pyridine rings is 1. The van der Waals surface area contributed by atoms with Gasteiger partial charge in [-0.3, -0.25) is 9.72 Å². The first-order chi connectivity index (χ1) is 7.92. The van der Waals surface area contributed by atoms with Gasteiger partial charge in [-0.2, -0.15) is 0 Å². The zero-order valence-electron chi connectivity index (χ0n) is 9.25. The molecule has 2 N–H and O–H groups in total. The van der Waals surface area contributed by atoms with Crippen LogP contribution in [-0.2, 0) is 11.3 Å². The highest BCUT2D eigenvalue weighted by Crippen LogP contribution is 2.18. The molecule has 0 radical (unpaired) electrons. The Hall–Kier alpha value is -1.34. The molecule has 1 heterocycles. The molecule has 17 heavy (non-hydrogen) atoms. The van der Waals surface area contributed by atoms with Gasteiger partial charge < -0.3 is 10.5 Å². The monoisotopic (exact) mass is 250 g/mol. The molecule has 0 amide bonds. The molecule has 0 saturated carbocycles. The summed E-state index contributed by atoms with van der Waals surface area (Å²) in [5.74, 6) is 0.379. The number of ether oxygens (including phenoxy) is 2. The highest BCUT2D eigenvalue weighted by atomic mass is 19.4. The number of hydrogen-bond donors (Lipinski definition) is 1. The van der Waals surface area contributed by atoms with Crippen molar-refractivity contribution in [3.05, 3.63) is 23.5 Å². The molecule has 0 saturated heterocycles. The van der Waals surface area contributed by atoms with Gasteiger partial charge in [-0.15, -0.1) is 13.2 Å². The maximum atomic E-state index is 11.7. The van der Waals surface area contributed by atoms with Crippen LogP contribution >= 0.6 is 0 Å². The molecule has 0 aliphatic carbocycles. The van der Waals surface area contributed by atoms with Gasteiger partial charge in [0.15, 0.2) is 0 Å². The van der Waals surface area contributed by atoms with Crippen LogP contribution in [0.2, 0.25) is 0 Å². The minimum atomic E-state index is -4.63. The van der Waals surface area contributed by atoms with Crippen LogP contribution in [-0.4, -0.2) is 24.6 Å². The SMILES string of the molecule is Cc1ccc(OCCOC(F)(F)F)c(CN)n1. The quantitative estimate of drug-likeness (QED) is 0.809. The second-order valence-electron chi connectivity index (χ2n) is 3.24. The summed E-state index contributed by atoms with van der Waals surface area (Å²) in [4.78, 5) is 4.11. The van der Waals surface area contributed by atoms with Gasteiger partial charge in [-0.1, -0.05) is 0 Å². The largest absolute Gasteiger partial charge is 0.522 e. The van der Waals surface area contributed by atoms with E-state index in [1.54, 1.807) is 19.1 Å². The van der Waals surface area contributed by atoms with Crippen molar-refractivity contribution in [2.24, 2.45) is 5.73 Å².